The molecule has 0 spiro atoms. The molecule has 24 nitrogen and oxygen atoms in total. The number of rotatable bonds is 12. The van der Waals surface area contributed by atoms with Crippen LogP contribution < -0.4 is 52.4 Å². The van der Waals surface area contributed by atoms with Crippen molar-refractivity contribution in [3.63, 3.8) is 0 Å². The van der Waals surface area contributed by atoms with E-state index in [0.29, 0.717) is 0 Å². The van der Waals surface area contributed by atoms with Gasteiger partial charge in [-0.3, -0.25) is 33.6 Å². The number of phenolic OH excluding ortho intramolecular Hbond substituents is 3. The number of hydrogen-bond donors (Lipinski definition) is 14. The van der Waals surface area contributed by atoms with Crippen molar-refractivity contribution in [2.75, 3.05) is 7.05 Å². The quantitative estimate of drug-likeness (QED) is 0.0854. The number of carbonyl (C=O) groups is 8. The van der Waals surface area contributed by atoms with Gasteiger partial charge in [0.25, 0.3) is 0 Å². The molecule has 0 saturated carbocycles. The Balaban J connectivity index is 1.41. The smallest absolute Gasteiger partial charge is 0.330 e. The maximum Gasteiger partial charge on any atom is 0.330 e. The molecule has 0 radical (unpaired) electrons. The number of likely N-dealkylation sites (N-methyl/N-ethyl adjacent to an activating group) is 1. The van der Waals surface area contributed by atoms with Crippen LogP contribution in [0.5, 0.6) is 40.2 Å². The Labute approximate surface area is 459 Å². The Morgan fingerprint density at radius 3 is 1.76 bits per heavy atom. The summed E-state index contributed by atoms with van der Waals surface area (Å²) in [5.74, 6) is -12.9. The Morgan fingerprint density at radius 1 is 0.658 bits per heavy atom. The minimum Gasteiger partial charge on any atom is -0.508 e. The highest BCUT2D eigenvalue weighted by Crippen LogP contribution is 2.46. The number of aliphatic hydroxyl groups is 2. The first-order valence-electron chi connectivity index (χ1n) is 24.2. The van der Waals surface area contributed by atoms with E-state index in [1.54, 1.807) is 0 Å². The number of aliphatic carboxylic acids is 1. The Bertz CT molecular complexity index is 3200. The molecule has 0 aliphatic carbocycles. The summed E-state index contributed by atoms with van der Waals surface area (Å²) in [5, 5.41) is 83.0. The number of nitrogens with two attached hydrogens (primary N) is 1. The van der Waals surface area contributed by atoms with Gasteiger partial charge < -0.3 is 83.1 Å². The topological polar surface area (TPSA) is 387 Å². The molecular weight excluding hydrogens is 1080 g/mol. The standard InChI is InChI=1S/C53H54Cl2N8O16/c1-22(2)15-32(57-3)47(70)62-42-44(67)25-9-13-34(30(54)17-25)78-36-19-27-20-37(46(36)69)79-35-14-10-26(18-31(35)55)45(68)43(52(75)61-41(53(76)77)24-5-4-6-29(65)16-24)63-49(72)39(23-7-11-28(64)12-8-23)60-50(73)40(27)59-48(71)33(21-38(56)66)58-51(42)74/h4-14,16-20,22,32-33,39-45,57,64-65,67-69H,15,21H2,1-3H3,(H2,56,66)(H,58,74)(H,59,71)(H,60,73)(H,61,75)(H,62,70)(H,63,72)(H,76,77)/t32-,33+,39-,40-,41+,42-,43+,44-,45-/m1/s1. The fraction of sp³-hybridized carbons (Fsp3) is 0.283. The van der Waals surface area contributed by atoms with Crippen LogP contribution in [0.4, 0.5) is 0 Å². The number of hydrogen-bond acceptors (Lipinski definition) is 16. The van der Waals surface area contributed by atoms with Gasteiger partial charge in [0.2, 0.25) is 47.1 Å². The molecule has 5 aromatic rings. The van der Waals surface area contributed by atoms with Gasteiger partial charge >= 0.3 is 5.97 Å². The number of aromatic hydroxyl groups is 3. The van der Waals surface area contributed by atoms with Gasteiger partial charge in [0.1, 0.15) is 65.4 Å². The third-order valence-electron chi connectivity index (χ3n) is 12.7. The molecule has 9 rings (SSSR count). The van der Waals surface area contributed by atoms with E-state index in [9.17, 15) is 64.2 Å². The molecule has 5 aromatic carbocycles. The molecule has 4 aliphatic heterocycles. The minimum absolute atomic E-state index is 0.0238. The average Bonchev–Trinajstić information content (AvgIpc) is 3.41. The molecule has 15 N–H and O–H groups in total. The van der Waals surface area contributed by atoms with Crippen LogP contribution in [0, 0.1) is 5.92 Å². The molecule has 79 heavy (non-hydrogen) atoms. The Kier molecular flexibility index (Phi) is 18.2. The lowest BCUT2D eigenvalue weighted by Crippen LogP contribution is -2.59. The second-order valence-corrected chi connectivity index (χ2v) is 19.7. The summed E-state index contributed by atoms with van der Waals surface area (Å²) in [6.45, 7) is 3.69. The molecule has 0 unspecified atom stereocenters. The lowest BCUT2D eigenvalue weighted by Gasteiger charge is -2.30. The zero-order valence-electron chi connectivity index (χ0n) is 42.0. The highest BCUT2D eigenvalue weighted by Gasteiger charge is 2.40. The molecular formula is C53H54Cl2N8O16. The first kappa shape index (κ1) is 58.0. The summed E-state index contributed by atoms with van der Waals surface area (Å²) in [5.41, 5.74) is 4.84. The molecule has 7 bridgehead atoms. The van der Waals surface area contributed by atoms with Gasteiger partial charge in [-0.1, -0.05) is 73.4 Å². The van der Waals surface area contributed by atoms with Gasteiger partial charge in [-0.05, 0) is 108 Å². The van der Waals surface area contributed by atoms with E-state index >= 15 is 4.79 Å². The van der Waals surface area contributed by atoms with Crippen molar-refractivity contribution in [2.45, 2.75) is 81.2 Å². The average molecular weight is 1130 g/mol. The van der Waals surface area contributed by atoms with Crippen molar-refractivity contribution in [1.82, 2.24) is 37.2 Å². The lowest BCUT2D eigenvalue weighted by atomic mass is 9.97. The maximum absolute atomic E-state index is 15.2. The summed E-state index contributed by atoms with van der Waals surface area (Å²) in [7, 11) is 1.50. The minimum atomic E-state index is -2.14. The van der Waals surface area contributed by atoms with Crippen molar-refractivity contribution >= 4 is 70.5 Å². The van der Waals surface area contributed by atoms with Crippen molar-refractivity contribution in [3.05, 3.63) is 135 Å². The van der Waals surface area contributed by atoms with Crippen LogP contribution in [0.15, 0.2) is 97.1 Å². The fourth-order valence-corrected chi connectivity index (χ4v) is 9.09. The largest absolute Gasteiger partial charge is 0.508 e. The van der Waals surface area contributed by atoms with Gasteiger partial charge in [-0.2, -0.15) is 0 Å². The van der Waals surface area contributed by atoms with E-state index in [1.807, 2.05) is 13.8 Å². The van der Waals surface area contributed by atoms with Crippen LogP contribution in [0.3, 0.4) is 0 Å². The summed E-state index contributed by atoms with van der Waals surface area (Å²) in [6.07, 6.45) is -4.67. The van der Waals surface area contributed by atoms with Crippen molar-refractivity contribution in [1.29, 1.82) is 0 Å². The number of benzene rings is 5. The molecule has 4 heterocycles. The molecule has 26 heteroatoms. The number of carboxylic acids is 1. The highest BCUT2D eigenvalue weighted by molar-refractivity contribution is 6.32. The number of aliphatic hydroxyl groups excluding tert-OH is 2. The third-order valence-corrected chi connectivity index (χ3v) is 13.3. The molecule has 416 valence electrons. The molecule has 0 fully saturated rings. The van der Waals surface area contributed by atoms with Gasteiger partial charge in [-0.15, -0.1) is 0 Å². The second-order valence-electron chi connectivity index (χ2n) is 18.9. The second kappa shape index (κ2) is 24.8. The van der Waals surface area contributed by atoms with E-state index in [4.69, 9.17) is 38.4 Å². The van der Waals surface area contributed by atoms with E-state index < -0.39 is 125 Å². The van der Waals surface area contributed by atoms with Crippen LogP contribution in [-0.4, -0.2) is 109 Å². The molecule has 7 amide bonds. The van der Waals surface area contributed by atoms with Crippen molar-refractivity contribution in [3.8, 4) is 40.2 Å². The number of phenols is 3. The van der Waals surface area contributed by atoms with Gasteiger partial charge in [0.05, 0.1) is 22.5 Å². The molecule has 0 aromatic heterocycles. The van der Waals surface area contributed by atoms with E-state index in [0.717, 1.165) is 36.4 Å². The summed E-state index contributed by atoms with van der Waals surface area (Å²) >= 11 is 13.5. The third kappa shape index (κ3) is 13.7. The highest BCUT2D eigenvalue weighted by atomic mass is 35.5. The van der Waals surface area contributed by atoms with Gasteiger partial charge in [0.15, 0.2) is 17.5 Å². The van der Waals surface area contributed by atoms with Gasteiger partial charge in [0, 0.05) is 0 Å². The predicted octanol–water partition coefficient (Wildman–Crippen LogP) is 2.71. The zero-order valence-corrected chi connectivity index (χ0v) is 43.5. The van der Waals surface area contributed by atoms with Crippen LogP contribution in [0.25, 0.3) is 0 Å². The number of fused-ring (bicyclic) bond motifs is 16. The Hall–Kier alpha value is -8.68. The first-order valence-corrected chi connectivity index (χ1v) is 24.9. The first-order chi connectivity index (χ1) is 37.4. The normalized spacial score (nSPS) is 21.3. The summed E-state index contributed by atoms with van der Waals surface area (Å²) in [6, 6.07) is 6.02. The number of halogens is 2. The number of carboxylic acid groups (broad SMARTS) is 1. The van der Waals surface area contributed by atoms with Crippen LogP contribution >= 0.6 is 23.2 Å². The Morgan fingerprint density at radius 2 is 1.22 bits per heavy atom. The number of primary amides is 1. The summed E-state index contributed by atoms with van der Waals surface area (Å²) in [4.78, 5) is 113. The summed E-state index contributed by atoms with van der Waals surface area (Å²) < 4.78 is 12.2. The maximum atomic E-state index is 15.2. The lowest BCUT2D eigenvalue weighted by molar-refractivity contribution is -0.143. The number of amides is 7. The molecule has 9 atom stereocenters. The SMILES string of the molecule is CN[C@H](CC(C)C)C(=O)N[C@H]1C(=O)N[C@@H](CC(N)=O)C(=O)N[C@H]2C(=O)N[C@H](c3ccc(O)cc3)C(=O)N[C@H](C(=O)N[C@H](C(=O)O)c3cccc(O)c3)[C@H](O)c3ccc(c(Cl)c3)Oc3cc2cc(c3O)Oc2ccc(cc2Cl)[C@H]1O. The monoisotopic (exact) mass is 1130 g/mol. The number of ether oxygens (including phenoxy) is 2. The van der Waals surface area contributed by atoms with E-state index in [2.05, 4.69) is 37.2 Å². The van der Waals surface area contributed by atoms with Crippen molar-refractivity contribution in [2.24, 2.45) is 11.7 Å². The van der Waals surface area contributed by atoms with E-state index in [-0.39, 0.29) is 73.2 Å². The van der Waals surface area contributed by atoms with Crippen molar-refractivity contribution < 1.29 is 78.5 Å². The van der Waals surface area contributed by atoms with Crippen LogP contribution in [0.2, 0.25) is 10.0 Å². The molecule has 0 saturated heterocycles. The predicted molar refractivity (Wildman–Crippen MR) is 279 cm³/mol. The zero-order chi connectivity index (χ0) is 57.6. The number of carbonyl (C=O) groups excluding carboxylic acids is 7. The van der Waals surface area contributed by atoms with Crippen LogP contribution in [0.1, 0.15) is 84.8 Å². The number of nitrogens with one attached hydrogen (secondary N) is 7. The molecule has 4 aliphatic rings. The fourth-order valence-electron chi connectivity index (χ4n) is 8.64. The van der Waals surface area contributed by atoms with Crippen LogP contribution in [-0.2, 0) is 38.4 Å². The van der Waals surface area contributed by atoms with Gasteiger partial charge in [-0.25, -0.2) is 4.79 Å². The van der Waals surface area contributed by atoms with E-state index in [1.165, 1.54) is 67.7 Å².